The lowest BCUT2D eigenvalue weighted by Gasteiger charge is -2.16. The van der Waals surface area contributed by atoms with Gasteiger partial charge in [-0.3, -0.25) is 4.79 Å². The lowest BCUT2D eigenvalue weighted by atomic mass is 9.90. The largest absolute Gasteiger partial charge is 0.493 e. The highest BCUT2D eigenvalue weighted by molar-refractivity contribution is 7.14. The maximum absolute atomic E-state index is 12.6. The van der Waals surface area contributed by atoms with E-state index in [2.05, 4.69) is 18.3 Å². The summed E-state index contributed by atoms with van der Waals surface area (Å²) in [5.41, 5.74) is 2.34. The van der Waals surface area contributed by atoms with Gasteiger partial charge in [0.25, 0.3) is 5.91 Å². The minimum absolute atomic E-state index is 0.00524. The van der Waals surface area contributed by atoms with Crippen LogP contribution in [0.25, 0.3) is 0 Å². The summed E-state index contributed by atoms with van der Waals surface area (Å²) in [5, 5.41) is 3.10. The molecular formula is C20H25NO3S. The third-order valence-corrected chi connectivity index (χ3v) is 6.04. The smallest absolute Gasteiger partial charge is 0.261 e. The van der Waals surface area contributed by atoms with Crippen LogP contribution in [-0.4, -0.2) is 20.1 Å². The van der Waals surface area contributed by atoms with E-state index in [9.17, 15) is 4.79 Å². The second-order valence-corrected chi connectivity index (χ2v) is 7.85. The van der Waals surface area contributed by atoms with Gasteiger partial charge in [-0.1, -0.05) is 13.0 Å². The van der Waals surface area contributed by atoms with Crippen molar-refractivity contribution in [1.29, 1.82) is 0 Å². The molecule has 0 saturated heterocycles. The first-order chi connectivity index (χ1) is 12.0. The highest BCUT2D eigenvalue weighted by atomic mass is 32.1. The van der Waals surface area contributed by atoms with Crippen LogP contribution in [-0.2, 0) is 12.8 Å². The molecular weight excluding hydrogens is 334 g/mol. The fourth-order valence-electron chi connectivity index (χ4n) is 3.29. The minimum atomic E-state index is -0.106. The molecule has 2 atom stereocenters. The number of aryl methyl sites for hydroxylation is 1. The minimum Gasteiger partial charge on any atom is -0.493 e. The van der Waals surface area contributed by atoms with Gasteiger partial charge in [-0.05, 0) is 61.4 Å². The van der Waals surface area contributed by atoms with Crippen LogP contribution in [0, 0.1) is 5.92 Å². The number of nitrogens with one attached hydrogen (secondary N) is 1. The van der Waals surface area contributed by atoms with Crippen molar-refractivity contribution in [3.63, 3.8) is 0 Å². The zero-order valence-electron chi connectivity index (χ0n) is 15.2. The molecule has 134 valence electrons. The van der Waals surface area contributed by atoms with Crippen LogP contribution in [0.4, 0.5) is 0 Å². The molecule has 0 bridgehead atoms. The van der Waals surface area contributed by atoms with Gasteiger partial charge >= 0.3 is 0 Å². The van der Waals surface area contributed by atoms with E-state index in [1.165, 1.54) is 16.9 Å². The Hall–Kier alpha value is -2.01. The summed E-state index contributed by atoms with van der Waals surface area (Å²) in [6, 6.07) is 7.69. The number of rotatable bonds is 5. The van der Waals surface area contributed by atoms with Crippen LogP contribution in [0.3, 0.4) is 0 Å². The van der Waals surface area contributed by atoms with Gasteiger partial charge in [-0.15, -0.1) is 11.3 Å². The lowest BCUT2D eigenvalue weighted by Crippen LogP contribution is -2.25. The summed E-state index contributed by atoms with van der Waals surface area (Å²) < 4.78 is 10.6. The number of benzene rings is 1. The zero-order valence-corrected chi connectivity index (χ0v) is 16.0. The number of fused-ring (bicyclic) bond motifs is 1. The van der Waals surface area contributed by atoms with E-state index in [0.717, 1.165) is 23.3 Å². The first-order valence-corrected chi connectivity index (χ1v) is 9.47. The van der Waals surface area contributed by atoms with Crippen molar-refractivity contribution in [3.05, 3.63) is 45.1 Å². The normalized spacial score (nSPS) is 17.5. The number of ether oxygens (including phenoxy) is 2. The monoisotopic (exact) mass is 359 g/mol. The number of carbonyl (C=O) groups is 1. The first-order valence-electron chi connectivity index (χ1n) is 8.66. The molecule has 2 unspecified atom stereocenters. The Balaban J connectivity index is 1.72. The molecule has 1 heterocycles. The quantitative estimate of drug-likeness (QED) is 0.862. The Labute approximate surface area is 153 Å². The highest BCUT2D eigenvalue weighted by Crippen LogP contribution is 2.33. The van der Waals surface area contributed by atoms with Gasteiger partial charge in [0.05, 0.1) is 25.1 Å². The summed E-state index contributed by atoms with van der Waals surface area (Å²) in [5.74, 6) is 2.06. The van der Waals surface area contributed by atoms with E-state index in [1.54, 1.807) is 25.6 Å². The number of carbonyl (C=O) groups excluding carboxylic acids is 1. The molecule has 25 heavy (non-hydrogen) atoms. The SMILES string of the molecule is COc1ccc(C(C)NC(=O)c2cc3c(s2)CCC(C)C3)cc1OC. The molecule has 1 N–H and O–H groups in total. The van der Waals surface area contributed by atoms with Gasteiger partial charge in [0.1, 0.15) is 0 Å². The fraction of sp³-hybridized carbons (Fsp3) is 0.450. The fourth-order valence-corrected chi connectivity index (χ4v) is 4.40. The van der Waals surface area contributed by atoms with E-state index in [1.807, 2.05) is 25.1 Å². The number of amides is 1. The Morgan fingerprint density at radius 3 is 2.72 bits per heavy atom. The molecule has 1 aromatic heterocycles. The van der Waals surface area contributed by atoms with E-state index in [-0.39, 0.29) is 11.9 Å². The predicted octanol–water partition coefficient (Wildman–Crippen LogP) is 4.38. The second kappa shape index (κ2) is 7.48. The molecule has 0 aliphatic heterocycles. The number of hydrogen-bond donors (Lipinski definition) is 1. The van der Waals surface area contributed by atoms with Crippen molar-refractivity contribution in [2.45, 2.75) is 39.2 Å². The van der Waals surface area contributed by atoms with Gasteiger partial charge in [0.15, 0.2) is 11.5 Å². The topological polar surface area (TPSA) is 47.6 Å². The third kappa shape index (κ3) is 3.82. The summed E-state index contributed by atoms with van der Waals surface area (Å²) in [4.78, 5) is 14.8. The van der Waals surface area contributed by atoms with Crippen LogP contribution < -0.4 is 14.8 Å². The average molecular weight is 359 g/mol. The molecule has 0 spiro atoms. The van der Waals surface area contributed by atoms with Gasteiger partial charge in [0.2, 0.25) is 0 Å². The van der Waals surface area contributed by atoms with Crippen LogP contribution in [0.15, 0.2) is 24.3 Å². The molecule has 1 amide bonds. The molecule has 5 heteroatoms. The number of methoxy groups -OCH3 is 2. The maximum atomic E-state index is 12.6. The van der Waals surface area contributed by atoms with Gasteiger partial charge in [-0.25, -0.2) is 0 Å². The van der Waals surface area contributed by atoms with Crippen LogP contribution >= 0.6 is 11.3 Å². The standard InChI is InChI=1S/C20H25NO3S/c1-12-5-8-18-15(9-12)11-19(25-18)20(22)21-13(2)14-6-7-16(23-3)17(10-14)24-4/h6-7,10-13H,5,8-9H2,1-4H3,(H,21,22). The molecule has 1 aliphatic carbocycles. The summed E-state index contributed by atoms with van der Waals surface area (Å²) in [6.07, 6.45) is 3.40. The molecule has 3 rings (SSSR count). The summed E-state index contributed by atoms with van der Waals surface area (Å²) in [6.45, 7) is 4.26. The van der Waals surface area contributed by atoms with Gasteiger partial charge < -0.3 is 14.8 Å². The Morgan fingerprint density at radius 1 is 1.24 bits per heavy atom. The molecule has 0 radical (unpaired) electrons. The van der Waals surface area contributed by atoms with E-state index < -0.39 is 0 Å². The van der Waals surface area contributed by atoms with E-state index in [0.29, 0.717) is 17.4 Å². The molecule has 0 fully saturated rings. The van der Waals surface area contributed by atoms with Crippen molar-refractivity contribution < 1.29 is 14.3 Å². The van der Waals surface area contributed by atoms with Crippen LogP contribution in [0.5, 0.6) is 11.5 Å². The Bertz CT molecular complexity index is 768. The van der Waals surface area contributed by atoms with E-state index >= 15 is 0 Å². The second-order valence-electron chi connectivity index (χ2n) is 6.72. The average Bonchev–Trinajstić information content (AvgIpc) is 3.04. The molecule has 1 aliphatic rings. The molecule has 4 nitrogen and oxygen atoms in total. The zero-order chi connectivity index (χ0) is 18.0. The van der Waals surface area contributed by atoms with Crippen LogP contribution in [0.2, 0.25) is 0 Å². The van der Waals surface area contributed by atoms with E-state index in [4.69, 9.17) is 9.47 Å². The maximum Gasteiger partial charge on any atom is 0.261 e. The highest BCUT2D eigenvalue weighted by Gasteiger charge is 2.21. The van der Waals surface area contributed by atoms with Crippen molar-refractivity contribution in [2.24, 2.45) is 5.92 Å². The van der Waals surface area contributed by atoms with Crippen molar-refractivity contribution in [1.82, 2.24) is 5.32 Å². The lowest BCUT2D eigenvalue weighted by molar-refractivity contribution is 0.0944. The Kier molecular flexibility index (Phi) is 5.33. The first kappa shape index (κ1) is 17.8. The molecule has 1 aromatic carbocycles. The summed E-state index contributed by atoms with van der Waals surface area (Å²) >= 11 is 1.64. The molecule has 2 aromatic rings. The van der Waals surface area contributed by atoms with Gasteiger partial charge in [0, 0.05) is 4.88 Å². The number of hydrogen-bond acceptors (Lipinski definition) is 4. The van der Waals surface area contributed by atoms with Crippen molar-refractivity contribution >= 4 is 17.2 Å². The molecule has 0 saturated carbocycles. The van der Waals surface area contributed by atoms with Crippen molar-refractivity contribution in [3.8, 4) is 11.5 Å². The number of thiophene rings is 1. The predicted molar refractivity (Wildman–Crippen MR) is 101 cm³/mol. The Morgan fingerprint density at radius 2 is 2.00 bits per heavy atom. The van der Waals surface area contributed by atoms with Crippen LogP contribution in [0.1, 0.15) is 52.0 Å². The third-order valence-electron chi connectivity index (χ3n) is 4.81. The van der Waals surface area contributed by atoms with Gasteiger partial charge in [-0.2, -0.15) is 0 Å². The summed E-state index contributed by atoms with van der Waals surface area (Å²) in [7, 11) is 3.23. The van der Waals surface area contributed by atoms with Crippen molar-refractivity contribution in [2.75, 3.05) is 14.2 Å².